The van der Waals surface area contributed by atoms with Gasteiger partial charge in [-0.05, 0) is 35.4 Å². The van der Waals surface area contributed by atoms with Gasteiger partial charge < -0.3 is 19.5 Å². The molecule has 0 radical (unpaired) electrons. The van der Waals surface area contributed by atoms with Gasteiger partial charge in [0.15, 0.2) is 0 Å². The predicted molar refractivity (Wildman–Crippen MR) is 99.1 cm³/mol. The average Bonchev–Trinajstić information content (AvgIpc) is 3.06. The van der Waals surface area contributed by atoms with Crippen molar-refractivity contribution in [3.8, 4) is 5.75 Å². The molecule has 0 bridgehead atoms. The zero-order valence-electron chi connectivity index (χ0n) is 15.8. The summed E-state index contributed by atoms with van der Waals surface area (Å²) < 4.78 is 16.0. The fraction of sp³-hybridized carbons (Fsp3) is 0.650. The first-order valence-electron chi connectivity index (χ1n) is 9.38. The van der Waals surface area contributed by atoms with Crippen LogP contribution in [0.3, 0.4) is 0 Å². The highest BCUT2D eigenvalue weighted by Gasteiger charge is 2.41. The zero-order chi connectivity index (χ0) is 18.4. The summed E-state index contributed by atoms with van der Waals surface area (Å²) in [6.45, 7) is 5.63. The van der Waals surface area contributed by atoms with E-state index in [2.05, 4.69) is 22.3 Å². The summed E-state index contributed by atoms with van der Waals surface area (Å²) in [7, 11) is 3.33. The molecule has 1 N–H and O–H groups in total. The highest BCUT2D eigenvalue weighted by molar-refractivity contribution is 5.76. The monoisotopic (exact) mass is 362 g/mol. The second-order valence-corrected chi connectivity index (χ2v) is 7.31. The van der Waals surface area contributed by atoms with Gasteiger partial charge in [-0.3, -0.25) is 9.69 Å². The van der Waals surface area contributed by atoms with Gasteiger partial charge in [0, 0.05) is 39.7 Å². The number of likely N-dealkylation sites (tertiary alicyclic amines) is 1. The Kier molecular flexibility index (Phi) is 6.88. The minimum absolute atomic E-state index is 0.102. The molecule has 2 aliphatic heterocycles. The van der Waals surface area contributed by atoms with Crippen LogP contribution in [0.2, 0.25) is 0 Å². The van der Waals surface area contributed by atoms with Gasteiger partial charge >= 0.3 is 0 Å². The highest BCUT2D eigenvalue weighted by Crippen LogP contribution is 2.36. The first kappa shape index (κ1) is 19.1. The van der Waals surface area contributed by atoms with Gasteiger partial charge in [-0.2, -0.15) is 0 Å². The molecule has 2 aliphatic rings. The van der Waals surface area contributed by atoms with Crippen molar-refractivity contribution in [3.05, 3.63) is 29.8 Å². The average molecular weight is 362 g/mol. The molecule has 1 aromatic rings. The zero-order valence-corrected chi connectivity index (χ0v) is 15.8. The first-order valence-corrected chi connectivity index (χ1v) is 9.38. The number of hydrogen-bond acceptors (Lipinski definition) is 5. The van der Waals surface area contributed by atoms with E-state index < -0.39 is 0 Å². The number of nitrogens with one attached hydrogen (secondary N) is 1. The third-order valence-electron chi connectivity index (χ3n) is 5.48. The maximum absolute atomic E-state index is 12.2. The molecule has 1 amide bonds. The van der Waals surface area contributed by atoms with Crippen LogP contribution in [0.1, 0.15) is 12.0 Å². The van der Waals surface area contributed by atoms with E-state index in [9.17, 15) is 4.79 Å². The Balaban J connectivity index is 1.52. The van der Waals surface area contributed by atoms with Crippen LogP contribution in [0.25, 0.3) is 0 Å². The minimum atomic E-state index is 0.102. The maximum Gasteiger partial charge on any atom is 0.220 e. The molecular weight excluding hydrogens is 332 g/mol. The summed E-state index contributed by atoms with van der Waals surface area (Å²) in [4.78, 5) is 14.6. The van der Waals surface area contributed by atoms with Crippen molar-refractivity contribution in [2.75, 3.05) is 53.7 Å². The Bertz CT molecular complexity index is 578. The molecule has 0 unspecified atom stereocenters. The van der Waals surface area contributed by atoms with E-state index in [1.807, 2.05) is 12.1 Å². The van der Waals surface area contributed by atoms with Gasteiger partial charge in [0.05, 0.1) is 26.9 Å². The standard InChI is InChI=1S/C20H30N2O4/c1-24-8-7-21-20(23)9-16-13-26-14-17-11-22(12-19(16)17)10-15-3-5-18(25-2)6-4-15/h3-6,16-17,19H,7-14H2,1-2H3,(H,21,23)/t16-,17-,19+/m1/s1. The van der Waals surface area contributed by atoms with E-state index in [-0.39, 0.29) is 5.91 Å². The third kappa shape index (κ3) is 4.96. The van der Waals surface area contributed by atoms with Gasteiger partial charge in [0.25, 0.3) is 0 Å². The molecule has 3 rings (SSSR count). The fourth-order valence-corrected chi connectivity index (χ4v) is 4.12. The predicted octanol–water partition coefficient (Wildman–Crippen LogP) is 1.54. The third-order valence-corrected chi connectivity index (χ3v) is 5.48. The molecule has 0 spiro atoms. The van der Waals surface area contributed by atoms with Crippen molar-refractivity contribution < 1.29 is 19.0 Å². The number of rotatable bonds is 8. The van der Waals surface area contributed by atoms with Crippen LogP contribution < -0.4 is 10.1 Å². The summed E-state index contributed by atoms with van der Waals surface area (Å²) in [5.41, 5.74) is 1.29. The van der Waals surface area contributed by atoms with Crippen molar-refractivity contribution in [1.82, 2.24) is 10.2 Å². The molecule has 144 valence electrons. The van der Waals surface area contributed by atoms with E-state index in [1.165, 1.54) is 5.56 Å². The van der Waals surface area contributed by atoms with Crippen LogP contribution in [0.5, 0.6) is 5.75 Å². The number of hydrogen-bond donors (Lipinski definition) is 1. The Hall–Kier alpha value is -1.63. The van der Waals surface area contributed by atoms with Crippen molar-refractivity contribution in [2.45, 2.75) is 13.0 Å². The quantitative estimate of drug-likeness (QED) is 0.711. The van der Waals surface area contributed by atoms with Crippen molar-refractivity contribution in [2.24, 2.45) is 17.8 Å². The van der Waals surface area contributed by atoms with Gasteiger partial charge in [-0.1, -0.05) is 12.1 Å². The number of carbonyl (C=O) groups excluding carboxylic acids is 1. The van der Waals surface area contributed by atoms with E-state index in [1.54, 1.807) is 14.2 Å². The van der Waals surface area contributed by atoms with Gasteiger partial charge in [-0.25, -0.2) is 0 Å². The highest BCUT2D eigenvalue weighted by atomic mass is 16.5. The summed E-state index contributed by atoms with van der Waals surface area (Å²) in [5, 5.41) is 2.93. The van der Waals surface area contributed by atoms with E-state index in [0.29, 0.717) is 43.9 Å². The topological polar surface area (TPSA) is 60.0 Å². The van der Waals surface area contributed by atoms with Gasteiger partial charge in [0.1, 0.15) is 5.75 Å². The SMILES string of the molecule is COCCNC(=O)C[C@@H]1COC[C@H]2CN(Cc3ccc(OC)cc3)C[C@@H]12. The Morgan fingerprint density at radius 1 is 1.23 bits per heavy atom. The minimum Gasteiger partial charge on any atom is -0.497 e. The first-order chi connectivity index (χ1) is 12.7. The molecule has 0 aromatic heterocycles. The molecule has 0 saturated carbocycles. The number of fused-ring (bicyclic) bond motifs is 1. The van der Waals surface area contributed by atoms with Crippen LogP contribution in [-0.2, 0) is 20.8 Å². The lowest BCUT2D eigenvalue weighted by Crippen LogP contribution is -2.38. The Labute approximate surface area is 155 Å². The van der Waals surface area contributed by atoms with Crippen LogP contribution in [0, 0.1) is 17.8 Å². The lowest BCUT2D eigenvalue weighted by molar-refractivity contribution is -0.124. The molecule has 0 aliphatic carbocycles. The van der Waals surface area contributed by atoms with Crippen LogP contribution in [0.15, 0.2) is 24.3 Å². The number of carbonyl (C=O) groups is 1. The fourth-order valence-electron chi connectivity index (χ4n) is 4.12. The molecule has 2 heterocycles. The number of methoxy groups -OCH3 is 2. The molecular formula is C20H30N2O4. The van der Waals surface area contributed by atoms with Crippen LogP contribution >= 0.6 is 0 Å². The normalized spacial score (nSPS) is 25.7. The molecule has 1 aromatic carbocycles. The summed E-state index contributed by atoms with van der Waals surface area (Å²) in [6, 6.07) is 8.26. The second-order valence-electron chi connectivity index (χ2n) is 7.31. The number of amides is 1. The van der Waals surface area contributed by atoms with E-state index in [4.69, 9.17) is 14.2 Å². The molecule has 6 heteroatoms. The lowest BCUT2D eigenvalue weighted by atomic mass is 9.81. The maximum atomic E-state index is 12.2. The Morgan fingerprint density at radius 3 is 2.77 bits per heavy atom. The largest absolute Gasteiger partial charge is 0.497 e. The number of nitrogens with zero attached hydrogens (tertiary/aromatic N) is 1. The van der Waals surface area contributed by atoms with Gasteiger partial charge in [-0.15, -0.1) is 0 Å². The molecule has 3 atom stereocenters. The van der Waals surface area contributed by atoms with Crippen molar-refractivity contribution in [1.29, 1.82) is 0 Å². The lowest BCUT2D eigenvalue weighted by Gasteiger charge is -2.32. The summed E-state index contributed by atoms with van der Waals surface area (Å²) in [5.74, 6) is 2.35. The molecule has 26 heavy (non-hydrogen) atoms. The summed E-state index contributed by atoms with van der Waals surface area (Å²) in [6.07, 6.45) is 0.543. The van der Waals surface area contributed by atoms with Crippen molar-refractivity contribution in [3.63, 3.8) is 0 Å². The molecule has 2 saturated heterocycles. The molecule has 6 nitrogen and oxygen atoms in total. The van der Waals surface area contributed by atoms with Crippen LogP contribution in [-0.4, -0.2) is 64.5 Å². The van der Waals surface area contributed by atoms with Gasteiger partial charge in [0.2, 0.25) is 5.91 Å². The van der Waals surface area contributed by atoms with Crippen molar-refractivity contribution >= 4 is 5.91 Å². The smallest absolute Gasteiger partial charge is 0.220 e. The van der Waals surface area contributed by atoms with E-state index >= 15 is 0 Å². The molecule has 2 fully saturated rings. The number of benzene rings is 1. The van der Waals surface area contributed by atoms with Crippen LogP contribution in [0.4, 0.5) is 0 Å². The second kappa shape index (κ2) is 9.35. The Morgan fingerprint density at radius 2 is 2.04 bits per heavy atom. The van der Waals surface area contributed by atoms with E-state index in [0.717, 1.165) is 32.0 Å². The number of ether oxygens (including phenoxy) is 3. The summed E-state index contributed by atoms with van der Waals surface area (Å²) >= 11 is 0.